The van der Waals surface area contributed by atoms with Crippen LogP contribution >= 0.6 is 0 Å². The summed E-state index contributed by atoms with van der Waals surface area (Å²) < 4.78 is 0. The number of hydrogen-bond acceptors (Lipinski definition) is 2. The predicted molar refractivity (Wildman–Crippen MR) is 88.3 cm³/mol. The van der Waals surface area contributed by atoms with Gasteiger partial charge < -0.3 is 10.2 Å². The fraction of sp³-hybridized carbons (Fsp3) is 0.900. The first-order chi connectivity index (χ1) is 10.3. The van der Waals surface area contributed by atoms with Crippen molar-refractivity contribution >= 4 is 0 Å². The maximum atomic E-state index is 11.1. The van der Waals surface area contributed by atoms with Gasteiger partial charge in [0.05, 0.1) is 6.10 Å². The van der Waals surface area contributed by atoms with Crippen LogP contribution in [0.3, 0.4) is 0 Å². The standard InChI is InChI=1S/C20H32O2/c1-13-9-20-10-14(13)5-6-16(20)19(3)8-4-7-18(2,12-21)17(19)15(22)11-20/h14-17,21-22H,1,4-12H2,2-3H3/t14-,15+,16+,17-,18+,19+,20-/m1/s1. The number of allylic oxidation sites excluding steroid dienone is 1. The second-order valence-corrected chi connectivity index (χ2v) is 9.65. The van der Waals surface area contributed by atoms with E-state index in [1.54, 1.807) is 0 Å². The lowest BCUT2D eigenvalue weighted by Gasteiger charge is -2.65. The molecule has 0 amide bonds. The van der Waals surface area contributed by atoms with E-state index in [1.807, 2.05) is 0 Å². The van der Waals surface area contributed by atoms with Crippen LogP contribution in [0.25, 0.3) is 0 Å². The number of hydrogen-bond donors (Lipinski definition) is 2. The Labute approximate surface area is 135 Å². The Bertz CT molecular complexity index is 500. The van der Waals surface area contributed by atoms with Crippen LogP contribution < -0.4 is 0 Å². The second-order valence-electron chi connectivity index (χ2n) is 9.65. The second kappa shape index (κ2) is 4.60. The van der Waals surface area contributed by atoms with Crippen molar-refractivity contribution in [3.05, 3.63) is 12.2 Å². The molecule has 22 heavy (non-hydrogen) atoms. The fourth-order valence-electron chi connectivity index (χ4n) is 7.86. The first kappa shape index (κ1) is 15.2. The summed E-state index contributed by atoms with van der Waals surface area (Å²) in [5.41, 5.74) is 1.87. The van der Waals surface area contributed by atoms with Gasteiger partial charge >= 0.3 is 0 Å². The Morgan fingerprint density at radius 3 is 2.68 bits per heavy atom. The molecule has 0 aromatic carbocycles. The van der Waals surface area contributed by atoms with Gasteiger partial charge in [-0.05, 0) is 78.9 Å². The number of aliphatic hydroxyl groups is 2. The van der Waals surface area contributed by atoms with E-state index in [-0.39, 0.29) is 29.5 Å². The van der Waals surface area contributed by atoms with E-state index in [0.717, 1.165) is 31.1 Å². The van der Waals surface area contributed by atoms with Crippen molar-refractivity contribution in [2.75, 3.05) is 6.61 Å². The van der Waals surface area contributed by atoms with E-state index in [9.17, 15) is 10.2 Å². The van der Waals surface area contributed by atoms with Crippen LogP contribution in [-0.4, -0.2) is 22.9 Å². The van der Waals surface area contributed by atoms with Crippen LogP contribution in [0.2, 0.25) is 0 Å². The lowest BCUT2D eigenvalue weighted by molar-refractivity contribution is -0.208. The van der Waals surface area contributed by atoms with Gasteiger partial charge in [0.25, 0.3) is 0 Å². The maximum Gasteiger partial charge on any atom is 0.0585 e. The van der Waals surface area contributed by atoms with E-state index in [4.69, 9.17) is 0 Å². The minimum absolute atomic E-state index is 0.0967. The molecule has 7 atom stereocenters. The smallest absolute Gasteiger partial charge is 0.0585 e. The predicted octanol–water partition coefficient (Wildman–Crippen LogP) is 3.92. The Morgan fingerprint density at radius 1 is 1.18 bits per heavy atom. The molecule has 4 aliphatic rings. The fourth-order valence-corrected chi connectivity index (χ4v) is 7.86. The van der Waals surface area contributed by atoms with Gasteiger partial charge in [0.2, 0.25) is 0 Å². The molecule has 0 saturated heterocycles. The van der Waals surface area contributed by atoms with Crippen LogP contribution in [-0.2, 0) is 0 Å². The zero-order valence-corrected chi connectivity index (χ0v) is 14.3. The summed E-state index contributed by atoms with van der Waals surface area (Å²) >= 11 is 0. The Kier molecular flexibility index (Phi) is 3.18. The number of rotatable bonds is 1. The first-order valence-electron chi connectivity index (χ1n) is 9.31. The Hall–Kier alpha value is -0.340. The van der Waals surface area contributed by atoms with Gasteiger partial charge in [-0.15, -0.1) is 0 Å². The highest BCUT2D eigenvalue weighted by Gasteiger charge is 2.66. The summed E-state index contributed by atoms with van der Waals surface area (Å²) in [4.78, 5) is 0. The minimum Gasteiger partial charge on any atom is -0.396 e. The molecule has 0 radical (unpaired) electrons. The zero-order chi connectivity index (χ0) is 15.8. The number of aliphatic hydroxyl groups excluding tert-OH is 2. The molecule has 4 fully saturated rings. The summed E-state index contributed by atoms with van der Waals surface area (Å²) in [6.45, 7) is 9.24. The van der Waals surface area contributed by atoms with Gasteiger partial charge in [-0.2, -0.15) is 0 Å². The highest BCUT2D eigenvalue weighted by molar-refractivity contribution is 5.23. The average Bonchev–Trinajstić information content (AvgIpc) is 2.67. The van der Waals surface area contributed by atoms with Crippen molar-refractivity contribution in [2.24, 2.45) is 34.0 Å². The SMILES string of the molecule is C=C1C[C@]23C[C@H]1CC[C@H]2[C@]1(C)CCC[C@@](C)(CO)[C@H]1[C@@H](O)C3. The van der Waals surface area contributed by atoms with Crippen LogP contribution in [0.1, 0.15) is 65.2 Å². The highest BCUT2D eigenvalue weighted by Crippen LogP contribution is 2.72. The molecule has 2 nitrogen and oxygen atoms in total. The summed E-state index contributed by atoms with van der Waals surface area (Å²) in [5.74, 6) is 1.70. The topological polar surface area (TPSA) is 40.5 Å². The Morgan fingerprint density at radius 2 is 1.95 bits per heavy atom. The van der Waals surface area contributed by atoms with Crippen LogP contribution in [0.4, 0.5) is 0 Å². The van der Waals surface area contributed by atoms with Gasteiger partial charge in [0, 0.05) is 6.61 Å². The molecule has 124 valence electrons. The molecule has 2 N–H and O–H groups in total. The third kappa shape index (κ3) is 1.74. The summed E-state index contributed by atoms with van der Waals surface area (Å²) in [6.07, 6.45) is 9.23. The summed E-state index contributed by atoms with van der Waals surface area (Å²) in [6, 6.07) is 0. The molecular formula is C20H32O2. The van der Waals surface area contributed by atoms with E-state index in [0.29, 0.717) is 5.41 Å². The van der Waals surface area contributed by atoms with Crippen LogP contribution in [0.5, 0.6) is 0 Å². The van der Waals surface area contributed by atoms with Crippen molar-refractivity contribution in [3.63, 3.8) is 0 Å². The molecule has 0 aromatic rings. The van der Waals surface area contributed by atoms with Crippen molar-refractivity contribution in [1.82, 2.24) is 0 Å². The normalized spacial score (nSPS) is 57.4. The lowest BCUT2D eigenvalue weighted by Crippen LogP contribution is -2.62. The summed E-state index contributed by atoms with van der Waals surface area (Å²) in [5, 5.41) is 21.2. The van der Waals surface area contributed by atoms with E-state index in [1.165, 1.54) is 37.7 Å². The third-order valence-electron chi connectivity index (χ3n) is 8.43. The van der Waals surface area contributed by atoms with E-state index in [2.05, 4.69) is 20.4 Å². The third-order valence-corrected chi connectivity index (χ3v) is 8.43. The van der Waals surface area contributed by atoms with Gasteiger partial charge in [-0.1, -0.05) is 32.4 Å². The molecule has 2 heteroatoms. The largest absolute Gasteiger partial charge is 0.396 e. The average molecular weight is 304 g/mol. The molecule has 4 rings (SSSR count). The number of fused-ring (bicyclic) bond motifs is 3. The van der Waals surface area contributed by atoms with Gasteiger partial charge in [0.1, 0.15) is 0 Å². The molecule has 0 unspecified atom stereocenters. The first-order valence-corrected chi connectivity index (χ1v) is 9.31. The quantitative estimate of drug-likeness (QED) is 0.721. The van der Waals surface area contributed by atoms with Crippen LogP contribution in [0.15, 0.2) is 12.2 Å². The summed E-state index contributed by atoms with van der Waals surface area (Å²) in [7, 11) is 0. The van der Waals surface area contributed by atoms with Gasteiger partial charge in [0.15, 0.2) is 0 Å². The molecular weight excluding hydrogens is 272 g/mol. The maximum absolute atomic E-state index is 11.1. The molecule has 4 aliphatic carbocycles. The Balaban J connectivity index is 1.78. The van der Waals surface area contributed by atoms with Crippen molar-refractivity contribution in [3.8, 4) is 0 Å². The molecule has 0 aromatic heterocycles. The van der Waals surface area contributed by atoms with Crippen molar-refractivity contribution in [2.45, 2.75) is 71.3 Å². The molecule has 0 heterocycles. The highest BCUT2D eigenvalue weighted by atomic mass is 16.3. The monoisotopic (exact) mass is 304 g/mol. The molecule has 1 spiro atoms. The minimum atomic E-state index is -0.247. The molecule has 0 aliphatic heterocycles. The van der Waals surface area contributed by atoms with Gasteiger partial charge in [-0.25, -0.2) is 0 Å². The van der Waals surface area contributed by atoms with E-state index >= 15 is 0 Å². The van der Waals surface area contributed by atoms with Crippen molar-refractivity contribution in [1.29, 1.82) is 0 Å². The van der Waals surface area contributed by atoms with Crippen LogP contribution in [0, 0.1) is 34.0 Å². The van der Waals surface area contributed by atoms with Gasteiger partial charge in [-0.3, -0.25) is 0 Å². The lowest BCUT2D eigenvalue weighted by atomic mass is 9.40. The zero-order valence-electron chi connectivity index (χ0n) is 14.3. The van der Waals surface area contributed by atoms with E-state index < -0.39 is 0 Å². The molecule has 4 saturated carbocycles. The molecule has 2 bridgehead atoms. The van der Waals surface area contributed by atoms with Crippen molar-refractivity contribution < 1.29 is 10.2 Å².